The Labute approximate surface area is 133 Å². The lowest BCUT2D eigenvalue weighted by atomic mass is 10.0. The summed E-state index contributed by atoms with van der Waals surface area (Å²) in [6.07, 6.45) is 2.32. The Balaban J connectivity index is 2.22. The number of hydrogen-bond acceptors (Lipinski definition) is 2. The van der Waals surface area contributed by atoms with Crippen molar-refractivity contribution in [2.45, 2.75) is 29.7 Å². The van der Waals surface area contributed by atoms with Crippen LogP contribution in [0, 0.1) is 0 Å². The summed E-state index contributed by atoms with van der Waals surface area (Å²) in [6, 6.07) is 16.8. The molecule has 0 aliphatic rings. The van der Waals surface area contributed by atoms with Crippen LogP contribution in [0.25, 0.3) is 0 Å². The number of benzene rings is 2. The zero-order chi connectivity index (χ0) is 14.5. The van der Waals surface area contributed by atoms with Crippen molar-refractivity contribution >= 4 is 27.7 Å². The van der Waals surface area contributed by atoms with E-state index in [9.17, 15) is 0 Å². The number of thioether (sulfide) groups is 1. The fraction of sp³-hybridized carbons (Fsp3) is 0.294. The molecule has 2 rings (SSSR count). The Kier molecular flexibility index (Phi) is 5.55. The van der Waals surface area contributed by atoms with Gasteiger partial charge in [0.05, 0.1) is 10.9 Å². The van der Waals surface area contributed by atoms with Crippen molar-refractivity contribution in [2.24, 2.45) is 0 Å². The molecule has 1 atom stereocenters. The van der Waals surface area contributed by atoms with Gasteiger partial charge in [-0.15, -0.1) is 11.8 Å². The molecule has 3 heteroatoms. The van der Waals surface area contributed by atoms with E-state index in [-0.39, 0.29) is 10.9 Å². The molecule has 0 aliphatic heterocycles. The van der Waals surface area contributed by atoms with Crippen molar-refractivity contribution < 1.29 is 4.74 Å². The first-order chi connectivity index (χ1) is 9.61. The van der Waals surface area contributed by atoms with Gasteiger partial charge in [0.25, 0.3) is 0 Å². The molecule has 0 heterocycles. The fourth-order valence-electron chi connectivity index (χ4n) is 2.04. The van der Waals surface area contributed by atoms with E-state index in [2.05, 4.69) is 58.6 Å². The van der Waals surface area contributed by atoms with E-state index in [4.69, 9.17) is 4.74 Å². The first-order valence-corrected chi connectivity index (χ1v) is 8.79. The van der Waals surface area contributed by atoms with Crippen molar-refractivity contribution in [3.8, 4) is 5.75 Å². The molecule has 1 unspecified atom stereocenters. The second-order valence-electron chi connectivity index (χ2n) is 4.84. The van der Waals surface area contributed by atoms with Crippen LogP contribution in [0.4, 0.5) is 0 Å². The number of rotatable bonds is 5. The molecule has 0 saturated carbocycles. The zero-order valence-electron chi connectivity index (χ0n) is 12.0. The summed E-state index contributed by atoms with van der Waals surface area (Å²) in [5.41, 5.74) is 2.54. The molecule has 20 heavy (non-hydrogen) atoms. The third-order valence-corrected chi connectivity index (χ3v) is 4.79. The SMILES string of the molecule is CSc1ccccc1C(Br)c1ccc(OC(C)C)cc1. The third kappa shape index (κ3) is 3.80. The molecule has 2 aromatic carbocycles. The Hall–Kier alpha value is -0.930. The average molecular weight is 351 g/mol. The second kappa shape index (κ2) is 7.19. The second-order valence-corrected chi connectivity index (χ2v) is 6.60. The summed E-state index contributed by atoms with van der Waals surface area (Å²) in [6.45, 7) is 4.08. The minimum absolute atomic E-state index is 0.206. The van der Waals surface area contributed by atoms with Crippen molar-refractivity contribution in [3.63, 3.8) is 0 Å². The lowest BCUT2D eigenvalue weighted by Gasteiger charge is -2.15. The van der Waals surface area contributed by atoms with E-state index in [1.54, 1.807) is 11.8 Å². The monoisotopic (exact) mass is 350 g/mol. The highest BCUT2D eigenvalue weighted by Crippen LogP contribution is 2.36. The van der Waals surface area contributed by atoms with Crippen LogP contribution in [-0.4, -0.2) is 12.4 Å². The Morgan fingerprint density at radius 1 is 1.00 bits per heavy atom. The molecule has 0 aromatic heterocycles. The standard InChI is InChI=1S/C17H19BrOS/c1-12(2)19-14-10-8-13(9-11-14)17(18)15-6-4-5-7-16(15)20-3/h4-12,17H,1-3H3. The van der Waals surface area contributed by atoms with Gasteiger partial charge >= 0.3 is 0 Å². The summed E-state index contributed by atoms with van der Waals surface area (Å²) in [7, 11) is 0. The molecular weight excluding hydrogens is 332 g/mol. The van der Waals surface area contributed by atoms with E-state index in [1.165, 1.54) is 16.0 Å². The molecule has 0 radical (unpaired) electrons. The van der Waals surface area contributed by atoms with Gasteiger partial charge in [-0.25, -0.2) is 0 Å². The van der Waals surface area contributed by atoms with Crippen LogP contribution in [0.3, 0.4) is 0 Å². The molecule has 0 N–H and O–H groups in total. The molecule has 0 aliphatic carbocycles. The van der Waals surface area contributed by atoms with Crippen molar-refractivity contribution in [3.05, 3.63) is 59.7 Å². The van der Waals surface area contributed by atoms with E-state index in [1.807, 2.05) is 26.0 Å². The van der Waals surface area contributed by atoms with Gasteiger partial charge in [-0.2, -0.15) is 0 Å². The normalized spacial score (nSPS) is 12.4. The molecule has 0 spiro atoms. The molecule has 1 nitrogen and oxygen atoms in total. The maximum Gasteiger partial charge on any atom is 0.119 e. The van der Waals surface area contributed by atoms with Crippen LogP contribution >= 0.6 is 27.7 Å². The molecule has 0 fully saturated rings. The van der Waals surface area contributed by atoms with Gasteiger partial charge in [-0.05, 0) is 49.4 Å². The van der Waals surface area contributed by atoms with E-state index >= 15 is 0 Å². The lowest BCUT2D eigenvalue weighted by Crippen LogP contribution is -2.05. The van der Waals surface area contributed by atoms with Crippen LogP contribution < -0.4 is 4.74 Å². The fourth-order valence-corrected chi connectivity index (χ4v) is 3.54. The van der Waals surface area contributed by atoms with Crippen molar-refractivity contribution in [1.82, 2.24) is 0 Å². The van der Waals surface area contributed by atoms with E-state index < -0.39 is 0 Å². The van der Waals surface area contributed by atoms with Crippen molar-refractivity contribution in [2.75, 3.05) is 6.26 Å². The summed E-state index contributed by atoms with van der Waals surface area (Å²) in [4.78, 5) is 1.51. The molecule has 0 bridgehead atoms. The van der Waals surface area contributed by atoms with Gasteiger partial charge in [-0.3, -0.25) is 0 Å². The Bertz CT molecular complexity index is 551. The largest absolute Gasteiger partial charge is 0.491 e. The minimum atomic E-state index is 0.206. The maximum atomic E-state index is 5.68. The number of alkyl halides is 1. The maximum absolute atomic E-state index is 5.68. The van der Waals surface area contributed by atoms with Crippen molar-refractivity contribution in [1.29, 1.82) is 0 Å². The van der Waals surface area contributed by atoms with E-state index in [0.29, 0.717) is 0 Å². The van der Waals surface area contributed by atoms with Crippen LogP contribution in [0.1, 0.15) is 29.8 Å². The van der Waals surface area contributed by atoms with Crippen LogP contribution in [0.15, 0.2) is 53.4 Å². The molecule has 2 aromatic rings. The van der Waals surface area contributed by atoms with Crippen LogP contribution in [0.5, 0.6) is 5.75 Å². The number of ether oxygens (including phenoxy) is 1. The summed E-state index contributed by atoms with van der Waals surface area (Å²) >= 11 is 5.58. The number of halogens is 1. The topological polar surface area (TPSA) is 9.23 Å². The first kappa shape index (κ1) is 15.5. The molecular formula is C17H19BrOS. The van der Waals surface area contributed by atoms with Gasteiger partial charge in [0, 0.05) is 4.90 Å². The zero-order valence-corrected chi connectivity index (χ0v) is 14.4. The van der Waals surface area contributed by atoms with Gasteiger partial charge < -0.3 is 4.74 Å². The smallest absolute Gasteiger partial charge is 0.119 e. The Morgan fingerprint density at radius 3 is 2.25 bits per heavy atom. The predicted molar refractivity (Wildman–Crippen MR) is 91.2 cm³/mol. The van der Waals surface area contributed by atoms with Gasteiger partial charge in [0.15, 0.2) is 0 Å². The lowest BCUT2D eigenvalue weighted by molar-refractivity contribution is 0.242. The summed E-state index contributed by atoms with van der Waals surface area (Å²) < 4.78 is 5.68. The number of hydrogen-bond donors (Lipinski definition) is 0. The Morgan fingerprint density at radius 2 is 1.65 bits per heavy atom. The minimum Gasteiger partial charge on any atom is -0.491 e. The third-order valence-electron chi connectivity index (χ3n) is 2.96. The molecule has 106 valence electrons. The highest BCUT2D eigenvalue weighted by Gasteiger charge is 2.13. The van der Waals surface area contributed by atoms with Crippen LogP contribution in [0.2, 0.25) is 0 Å². The molecule has 0 saturated heterocycles. The summed E-state index contributed by atoms with van der Waals surface area (Å²) in [5, 5.41) is 0. The van der Waals surface area contributed by atoms with Gasteiger partial charge in [0.2, 0.25) is 0 Å². The average Bonchev–Trinajstić information content (AvgIpc) is 2.46. The highest BCUT2D eigenvalue weighted by molar-refractivity contribution is 9.09. The van der Waals surface area contributed by atoms with E-state index in [0.717, 1.165) is 5.75 Å². The van der Waals surface area contributed by atoms with Gasteiger partial charge in [0.1, 0.15) is 5.75 Å². The van der Waals surface area contributed by atoms with Gasteiger partial charge in [-0.1, -0.05) is 46.3 Å². The predicted octanol–water partition coefficient (Wildman–Crippen LogP) is 5.68. The highest BCUT2D eigenvalue weighted by atomic mass is 79.9. The quantitative estimate of drug-likeness (QED) is 0.506. The summed E-state index contributed by atoms with van der Waals surface area (Å²) in [5.74, 6) is 0.918. The molecule has 0 amide bonds. The first-order valence-electron chi connectivity index (χ1n) is 6.65. The van der Waals surface area contributed by atoms with Crippen LogP contribution in [-0.2, 0) is 0 Å².